The summed E-state index contributed by atoms with van der Waals surface area (Å²) < 4.78 is 14.1. The number of nitrogens with zero attached hydrogens (tertiary/aromatic N) is 1. The van der Waals surface area contributed by atoms with Crippen molar-refractivity contribution in [2.75, 3.05) is 6.61 Å². The molecule has 0 saturated heterocycles. The van der Waals surface area contributed by atoms with E-state index in [4.69, 9.17) is 5.26 Å². The van der Waals surface area contributed by atoms with Crippen molar-refractivity contribution in [3.8, 4) is 5.81 Å². The molecule has 0 aliphatic carbocycles. The molecule has 9 heavy (non-hydrogen) atoms. The fraction of sp³-hybridized carbons (Fsp3) is 0.667. The third kappa shape index (κ3) is 7.17. The molecule has 46 valence electrons. The quantitative estimate of drug-likeness (QED) is 0.331. The van der Waals surface area contributed by atoms with Crippen molar-refractivity contribution in [1.29, 1.82) is 5.26 Å². The van der Waals surface area contributed by atoms with Gasteiger partial charge in [-0.2, -0.15) is 5.26 Å². The van der Waals surface area contributed by atoms with Crippen LogP contribution in [0.2, 0.25) is 0 Å². The van der Waals surface area contributed by atoms with E-state index in [0.29, 0.717) is 0 Å². The predicted octanol–water partition coefficient (Wildman–Crippen LogP) is -2.94. The van der Waals surface area contributed by atoms with Crippen LogP contribution in [-0.4, -0.2) is 6.61 Å². The first kappa shape index (κ1) is 12.9. The van der Waals surface area contributed by atoms with Gasteiger partial charge in [0.2, 0.25) is 7.60 Å². The topological polar surface area (TPSA) is 73.2 Å². The van der Waals surface area contributed by atoms with Crippen molar-refractivity contribution < 1.29 is 65.4 Å². The van der Waals surface area contributed by atoms with Gasteiger partial charge in [0.15, 0.2) is 0 Å². The first-order valence-corrected chi connectivity index (χ1v) is 3.53. The van der Waals surface area contributed by atoms with E-state index in [1.165, 1.54) is 6.92 Å². The summed E-state index contributed by atoms with van der Waals surface area (Å²) in [7, 11) is -4.12. The Morgan fingerprint density at radius 2 is 2.33 bits per heavy atom. The average molecular weight is 173 g/mol. The van der Waals surface area contributed by atoms with Gasteiger partial charge in [0.05, 0.1) is 6.61 Å². The van der Waals surface area contributed by atoms with Gasteiger partial charge in [-0.3, -0.25) is 4.57 Å². The van der Waals surface area contributed by atoms with Gasteiger partial charge in [-0.15, -0.1) is 0 Å². The van der Waals surface area contributed by atoms with Gasteiger partial charge in [-0.1, -0.05) is 0 Å². The van der Waals surface area contributed by atoms with Crippen molar-refractivity contribution in [3.63, 3.8) is 0 Å². The molecular formula is C3H5KNO3P. The van der Waals surface area contributed by atoms with Gasteiger partial charge in [-0.25, -0.2) is 0 Å². The smallest absolute Gasteiger partial charge is 0.767 e. The van der Waals surface area contributed by atoms with Crippen LogP contribution in [0, 0.1) is 11.1 Å². The van der Waals surface area contributed by atoms with Gasteiger partial charge >= 0.3 is 51.4 Å². The molecule has 0 heterocycles. The molecule has 4 nitrogen and oxygen atoms in total. The number of nitriles is 1. The fourth-order valence-electron chi connectivity index (χ4n) is 0.199. The molecule has 1 atom stereocenters. The molecule has 0 amide bonds. The molecule has 0 radical (unpaired) electrons. The molecule has 1 unspecified atom stereocenters. The molecule has 6 heteroatoms. The van der Waals surface area contributed by atoms with Crippen LogP contribution in [-0.2, 0) is 9.09 Å². The van der Waals surface area contributed by atoms with Crippen molar-refractivity contribution in [2.24, 2.45) is 0 Å². The Balaban J connectivity index is 0. The molecule has 0 N–H and O–H groups in total. The van der Waals surface area contributed by atoms with Crippen LogP contribution in [0.5, 0.6) is 0 Å². The number of hydrogen-bond acceptors (Lipinski definition) is 4. The Morgan fingerprint density at radius 3 is 2.44 bits per heavy atom. The Labute approximate surface area is 96.2 Å². The second-order valence-corrected chi connectivity index (χ2v) is 2.47. The summed E-state index contributed by atoms with van der Waals surface area (Å²) in [5.41, 5.74) is 0. The monoisotopic (exact) mass is 173 g/mol. The van der Waals surface area contributed by atoms with Crippen LogP contribution in [0.1, 0.15) is 6.92 Å². The summed E-state index contributed by atoms with van der Waals surface area (Å²) in [6, 6.07) is 0. The van der Waals surface area contributed by atoms with Gasteiger partial charge in [0, 0.05) is 0 Å². The van der Waals surface area contributed by atoms with Crippen molar-refractivity contribution in [1.82, 2.24) is 0 Å². The third-order valence-corrected chi connectivity index (χ3v) is 1.26. The molecule has 0 saturated carbocycles. The van der Waals surface area contributed by atoms with E-state index in [9.17, 15) is 9.46 Å². The minimum atomic E-state index is -4.12. The SMILES string of the molecule is CCOP(=O)([O-])C#N.[K+]. The normalized spacial score (nSPS) is 14.8. The minimum absolute atomic E-state index is 0. The third-order valence-electron chi connectivity index (χ3n) is 0.422. The summed E-state index contributed by atoms with van der Waals surface area (Å²) in [5.74, 6) is 1.02. The fourth-order valence-corrected chi connectivity index (χ4v) is 0.596. The Kier molecular flexibility index (Phi) is 8.63. The summed E-state index contributed by atoms with van der Waals surface area (Å²) >= 11 is 0. The second kappa shape index (κ2) is 6.02. The number of rotatable bonds is 2. The number of hydrogen-bond donors (Lipinski definition) is 0. The predicted molar refractivity (Wildman–Crippen MR) is 24.8 cm³/mol. The summed E-state index contributed by atoms with van der Waals surface area (Å²) in [6.45, 7) is 1.52. The molecule has 0 aromatic rings. The summed E-state index contributed by atoms with van der Waals surface area (Å²) in [5, 5.41) is 7.77. The molecule has 0 aliphatic heterocycles. The minimum Gasteiger partial charge on any atom is -0.767 e. The van der Waals surface area contributed by atoms with E-state index >= 15 is 0 Å². The van der Waals surface area contributed by atoms with E-state index in [2.05, 4.69) is 4.52 Å². The van der Waals surface area contributed by atoms with Crippen molar-refractivity contribution >= 4 is 7.60 Å². The Bertz CT molecular complexity index is 154. The van der Waals surface area contributed by atoms with Crippen molar-refractivity contribution in [3.05, 3.63) is 0 Å². The standard InChI is InChI=1S/C3H6NO3P.K/c1-2-7-8(5,6)3-4;/h2H2,1H3,(H,5,6);/q;+1/p-1. The van der Waals surface area contributed by atoms with Crippen LogP contribution in [0.4, 0.5) is 0 Å². The van der Waals surface area contributed by atoms with Gasteiger partial charge in [-0.05, 0) is 6.92 Å². The molecule has 0 aromatic heterocycles. The molecular weight excluding hydrogens is 168 g/mol. The van der Waals surface area contributed by atoms with Crippen LogP contribution < -0.4 is 56.3 Å². The summed E-state index contributed by atoms with van der Waals surface area (Å²) in [4.78, 5) is 10.0. The van der Waals surface area contributed by atoms with E-state index < -0.39 is 7.60 Å². The Hall–Kier alpha value is 1.28. The van der Waals surface area contributed by atoms with Gasteiger partial charge < -0.3 is 9.42 Å². The molecule has 0 bridgehead atoms. The zero-order valence-electron chi connectivity index (χ0n) is 5.33. The van der Waals surface area contributed by atoms with Crippen LogP contribution in [0.3, 0.4) is 0 Å². The van der Waals surface area contributed by atoms with Crippen LogP contribution in [0.15, 0.2) is 0 Å². The zero-order valence-corrected chi connectivity index (χ0v) is 9.34. The van der Waals surface area contributed by atoms with E-state index in [-0.39, 0.29) is 58.0 Å². The maximum absolute atomic E-state index is 10.0. The molecule has 0 fully saturated rings. The first-order chi connectivity index (χ1) is 3.62. The Morgan fingerprint density at radius 1 is 1.89 bits per heavy atom. The second-order valence-electron chi connectivity index (χ2n) is 1.02. The van der Waals surface area contributed by atoms with Gasteiger partial charge in [0.1, 0.15) is 5.81 Å². The molecule has 0 rings (SSSR count). The maximum Gasteiger partial charge on any atom is 1.00 e. The van der Waals surface area contributed by atoms with Crippen LogP contribution in [0.25, 0.3) is 0 Å². The maximum atomic E-state index is 10.0. The van der Waals surface area contributed by atoms with Crippen LogP contribution >= 0.6 is 7.60 Å². The molecule has 0 aromatic carbocycles. The first-order valence-electron chi connectivity index (χ1n) is 1.99. The van der Waals surface area contributed by atoms with E-state index in [1.54, 1.807) is 0 Å². The molecule has 0 spiro atoms. The van der Waals surface area contributed by atoms with E-state index in [1.807, 2.05) is 0 Å². The average Bonchev–Trinajstić information content (AvgIpc) is 1.67. The van der Waals surface area contributed by atoms with Crippen molar-refractivity contribution in [2.45, 2.75) is 6.92 Å². The van der Waals surface area contributed by atoms with E-state index in [0.717, 1.165) is 5.81 Å². The summed E-state index contributed by atoms with van der Waals surface area (Å²) in [6.07, 6.45) is 0. The van der Waals surface area contributed by atoms with Gasteiger partial charge in [0.25, 0.3) is 0 Å². The zero-order chi connectivity index (χ0) is 6.62. The molecule has 0 aliphatic rings. The largest absolute Gasteiger partial charge is 1.00 e.